The molecule has 3 N–H and O–H groups in total. The van der Waals surface area contributed by atoms with Crippen molar-refractivity contribution in [2.24, 2.45) is 5.73 Å². The average molecular weight is 229 g/mol. The van der Waals surface area contributed by atoms with Crippen LogP contribution in [0, 0.1) is 0 Å². The molecule has 0 spiro atoms. The number of carbonyl (C=O) groups excluding carboxylic acids is 2. The zero-order valence-corrected chi connectivity index (χ0v) is 9.83. The molecule has 0 aliphatic carbocycles. The molecule has 0 bridgehead atoms. The highest BCUT2D eigenvalue weighted by atomic mass is 16.5. The second-order valence-electron chi connectivity index (χ2n) is 4.18. The van der Waals surface area contributed by atoms with Crippen LogP contribution in [0.25, 0.3) is 0 Å². The quantitative estimate of drug-likeness (QED) is 0.314. The van der Waals surface area contributed by atoms with Crippen molar-refractivity contribution in [3.05, 3.63) is 0 Å². The summed E-state index contributed by atoms with van der Waals surface area (Å²) in [4.78, 5) is 23.0. The number of nitrogens with one attached hydrogen (secondary N) is 1. The molecule has 1 saturated heterocycles. The molecule has 1 rings (SSSR count). The van der Waals surface area contributed by atoms with Crippen molar-refractivity contribution in [2.45, 2.75) is 38.6 Å². The summed E-state index contributed by atoms with van der Waals surface area (Å²) in [6, 6.07) is 0.0463. The number of hydrogen-bond donors (Lipinski definition) is 2. The van der Waals surface area contributed by atoms with Crippen LogP contribution in [-0.4, -0.2) is 37.6 Å². The number of ether oxygens (including phenoxy) is 1. The van der Waals surface area contributed by atoms with Gasteiger partial charge in [0.15, 0.2) is 0 Å². The van der Waals surface area contributed by atoms with Gasteiger partial charge < -0.3 is 15.4 Å². The molecular formula is C11H21N2O3+. The van der Waals surface area contributed by atoms with Gasteiger partial charge in [0.05, 0.1) is 13.2 Å². The number of amides is 1. The highest BCUT2D eigenvalue weighted by Gasteiger charge is 2.44. The van der Waals surface area contributed by atoms with Crippen LogP contribution in [0.4, 0.5) is 0 Å². The van der Waals surface area contributed by atoms with Crippen molar-refractivity contribution in [3.63, 3.8) is 0 Å². The molecule has 2 atom stereocenters. The van der Waals surface area contributed by atoms with Crippen molar-refractivity contribution in [2.75, 3.05) is 19.7 Å². The van der Waals surface area contributed by atoms with E-state index in [0.29, 0.717) is 13.0 Å². The fourth-order valence-electron chi connectivity index (χ4n) is 1.81. The van der Waals surface area contributed by atoms with E-state index in [0.717, 1.165) is 32.4 Å². The molecule has 5 heteroatoms. The Hall–Kier alpha value is -1.10. The van der Waals surface area contributed by atoms with Crippen molar-refractivity contribution in [1.29, 1.82) is 0 Å². The van der Waals surface area contributed by atoms with Crippen LogP contribution in [0.1, 0.15) is 32.6 Å². The van der Waals surface area contributed by atoms with Crippen LogP contribution in [0.3, 0.4) is 0 Å². The summed E-state index contributed by atoms with van der Waals surface area (Å²) in [5, 5.41) is 0. The Morgan fingerprint density at radius 2 is 2.12 bits per heavy atom. The Morgan fingerprint density at radius 1 is 1.38 bits per heavy atom. The first-order valence-corrected chi connectivity index (χ1v) is 5.94. The summed E-state index contributed by atoms with van der Waals surface area (Å²) in [6.45, 7) is 4.13. The monoisotopic (exact) mass is 229 g/mol. The smallest absolute Gasteiger partial charge is 0.305 e. The third-order valence-corrected chi connectivity index (χ3v) is 2.83. The Labute approximate surface area is 95.9 Å². The largest absolute Gasteiger partial charge is 0.466 e. The number of nitrogens with two attached hydrogens (primary N) is 1. The number of rotatable bonds is 8. The molecule has 1 amide bonds. The molecule has 0 aromatic rings. The van der Waals surface area contributed by atoms with Gasteiger partial charge in [0.25, 0.3) is 5.91 Å². The van der Waals surface area contributed by atoms with E-state index in [4.69, 9.17) is 10.5 Å². The number of hydrogen-bond acceptors (Lipinski definition) is 3. The van der Waals surface area contributed by atoms with Gasteiger partial charge in [0.2, 0.25) is 6.04 Å². The first-order chi connectivity index (χ1) is 7.65. The molecule has 5 nitrogen and oxygen atoms in total. The van der Waals surface area contributed by atoms with E-state index in [1.807, 2.05) is 6.92 Å². The Balaban J connectivity index is 1.90. The van der Waals surface area contributed by atoms with E-state index >= 15 is 0 Å². The first kappa shape index (κ1) is 13.0. The zero-order chi connectivity index (χ0) is 12.0. The highest BCUT2D eigenvalue weighted by molar-refractivity contribution is 5.80. The summed E-state index contributed by atoms with van der Waals surface area (Å²) in [5.74, 6) is -0.307. The van der Waals surface area contributed by atoms with Crippen molar-refractivity contribution >= 4 is 11.9 Å². The molecule has 16 heavy (non-hydrogen) atoms. The molecule has 1 aliphatic rings. The summed E-state index contributed by atoms with van der Waals surface area (Å²) in [6.07, 6.45) is 3.42. The predicted octanol–water partition coefficient (Wildman–Crippen LogP) is -1.14. The SMILES string of the molecule is CCOC(=O)CCCCC[NH+]1C[C@H]1C(N)=O. The third-order valence-electron chi connectivity index (χ3n) is 2.83. The third kappa shape index (κ3) is 4.61. The van der Waals surface area contributed by atoms with E-state index in [2.05, 4.69) is 0 Å². The second kappa shape index (κ2) is 6.48. The van der Waals surface area contributed by atoms with Gasteiger partial charge in [-0.25, -0.2) is 0 Å². The minimum Gasteiger partial charge on any atom is -0.466 e. The molecule has 1 fully saturated rings. The van der Waals surface area contributed by atoms with E-state index < -0.39 is 0 Å². The van der Waals surface area contributed by atoms with Gasteiger partial charge in [-0.05, 0) is 26.2 Å². The van der Waals surface area contributed by atoms with Gasteiger partial charge in [-0.3, -0.25) is 9.59 Å². The number of quaternary nitrogens is 1. The molecule has 92 valence electrons. The normalized spacial score (nSPS) is 22.8. The van der Waals surface area contributed by atoms with Gasteiger partial charge in [-0.1, -0.05) is 0 Å². The Morgan fingerprint density at radius 3 is 2.69 bits per heavy atom. The molecule has 0 radical (unpaired) electrons. The maximum absolute atomic E-state index is 11.0. The number of unbranched alkanes of at least 4 members (excludes halogenated alkanes) is 2. The van der Waals surface area contributed by atoms with Gasteiger partial charge in [0.1, 0.15) is 6.54 Å². The Bertz CT molecular complexity index is 256. The standard InChI is InChI=1S/C11H20N2O3/c1-2-16-10(14)6-4-3-5-7-13-8-9(13)11(12)15/h9H,2-8H2,1H3,(H2,12,15)/p+1/t9-,13?/m0/s1. The van der Waals surface area contributed by atoms with Crippen LogP contribution >= 0.6 is 0 Å². The second-order valence-corrected chi connectivity index (χ2v) is 4.18. The van der Waals surface area contributed by atoms with E-state index in [1.54, 1.807) is 0 Å². The minimum absolute atomic E-state index is 0.0463. The average Bonchev–Trinajstić information content (AvgIpc) is 2.97. The lowest BCUT2D eigenvalue weighted by molar-refractivity contribution is -0.769. The minimum atomic E-state index is -0.193. The topological polar surface area (TPSA) is 73.8 Å². The molecule has 1 unspecified atom stereocenters. The van der Waals surface area contributed by atoms with Gasteiger partial charge in [0, 0.05) is 6.42 Å². The van der Waals surface area contributed by atoms with E-state index in [9.17, 15) is 9.59 Å². The number of esters is 1. The lowest BCUT2D eigenvalue weighted by atomic mass is 10.2. The summed E-state index contributed by atoms with van der Waals surface area (Å²) < 4.78 is 4.83. The molecule has 0 saturated carbocycles. The lowest BCUT2D eigenvalue weighted by Gasteiger charge is -2.01. The zero-order valence-electron chi connectivity index (χ0n) is 9.83. The van der Waals surface area contributed by atoms with Crippen LogP contribution in [0.2, 0.25) is 0 Å². The summed E-state index contributed by atoms with van der Waals surface area (Å²) in [7, 11) is 0. The first-order valence-electron chi connectivity index (χ1n) is 5.94. The maximum atomic E-state index is 11.0. The van der Waals surface area contributed by atoms with Crippen LogP contribution in [-0.2, 0) is 14.3 Å². The predicted molar refractivity (Wildman–Crippen MR) is 58.8 cm³/mol. The van der Waals surface area contributed by atoms with Crippen LogP contribution in [0.5, 0.6) is 0 Å². The Kier molecular flexibility index (Phi) is 5.25. The van der Waals surface area contributed by atoms with Gasteiger partial charge in [-0.2, -0.15) is 0 Å². The van der Waals surface area contributed by atoms with Crippen molar-refractivity contribution in [1.82, 2.24) is 0 Å². The van der Waals surface area contributed by atoms with E-state index in [-0.39, 0.29) is 17.9 Å². The summed E-state index contributed by atoms with van der Waals surface area (Å²) >= 11 is 0. The van der Waals surface area contributed by atoms with Crippen molar-refractivity contribution < 1.29 is 19.2 Å². The van der Waals surface area contributed by atoms with Crippen LogP contribution in [0.15, 0.2) is 0 Å². The van der Waals surface area contributed by atoms with Crippen molar-refractivity contribution in [3.8, 4) is 0 Å². The number of primary amides is 1. The van der Waals surface area contributed by atoms with E-state index in [1.165, 1.54) is 4.90 Å². The summed E-state index contributed by atoms with van der Waals surface area (Å²) in [5.41, 5.74) is 5.17. The fourth-order valence-corrected chi connectivity index (χ4v) is 1.81. The molecule has 1 heterocycles. The molecule has 0 aromatic carbocycles. The highest BCUT2D eigenvalue weighted by Crippen LogP contribution is 2.01. The van der Waals surface area contributed by atoms with Gasteiger partial charge >= 0.3 is 5.97 Å². The number of carbonyl (C=O) groups is 2. The molecule has 0 aromatic heterocycles. The fraction of sp³-hybridized carbons (Fsp3) is 0.818. The lowest BCUT2D eigenvalue weighted by Crippen LogP contribution is -2.95. The molecular weight excluding hydrogens is 208 g/mol. The van der Waals surface area contributed by atoms with Crippen LogP contribution < -0.4 is 10.6 Å². The van der Waals surface area contributed by atoms with Gasteiger partial charge in [-0.15, -0.1) is 0 Å². The maximum Gasteiger partial charge on any atom is 0.305 e. The molecule has 1 aliphatic heterocycles.